The van der Waals surface area contributed by atoms with E-state index in [2.05, 4.69) is 41.5 Å². The van der Waals surface area contributed by atoms with Gasteiger partial charge in [0.1, 0.15) is 0 Å². The molecule has 3 aromatic rings. The van der Waals surface area contributed by atoms with Crippen LogP contribution >= 0.6 is 0 Å². The molecule has 2 aromatic heterocycles. The van der Waals surface area contributed by atoms with Crippen molar-refractivity contribution >= 4 is 22.9 Å². The highest BCUT2D eigenvalue weighted by molar-refractivity contribution is 5.77. The normalized spacial score (nSPS) is 16.2. The third kappa shape index (κ3) is 4.06. The molecule has 0 saturated carbocycles. The Morgan fingerprint density at radius 1 is 1.08 bits per heavy atom. The molecule has 0 spiro atoms. The van der Waals surface area contributed by atoms with Crippen LogP contribution in [-0.2, 0) is 0 Å². The second-order valence-corrected chi connectivity index (χ2v) is 6.36. The molecule has 130 valence electrons. The first-order chi connectivity index (χ1) is 12.4. The molecular formula is C18H23N7. The van der Waals surface area contributed by atoms with Crippen LogP contribution in [0.3, 0.4) is 0 Å². The maximum absolute atomic E-state index is 4.60. The van der Waals surface area contributed by atoms with Gasteiger partial charge in [-0.15, -0.1) is 0 Å². The number of aromatic amines is 1. The van der Waals surface area contributed by atoms with Crippen molar-refractivity contribution in [1.29, 1.82) is 0 Å². The van der Waals surface area contributed by atoms with Gasteiger partial charge in [-0.05, 0) is 31.0 Å². The van der Waals surface area contributed by atoms with Crippen LogP contribution in [0.4, 0.5) is 11.9 Å². The molecule has 0 aliphatic carbocycles. The van der Waals surface area contributed by atoms with Gasteiger partial charge < -0.3 is 20.5 Å². The molecule has 7 heteroatoms. The first kappa shape index (κ1) is 15.8. The third-order valence-corrected chi connectivity index (χ3v) is 4.59. The summed E-state index contributed by atoms with van der Waals surface area (Å²) in [4.78, 5) is 18.8. The van der Waals surface area contributed by atoms with Gasteiger partial charge in [-0.2, -0.15) is 0 Å². The van der Waals surface area contributed by atoms with Crippen molar-refractivity contribution in [2.75, 3.05) is 36.8 Å². The van der Waals surface area contributed by atoms with E-state index in [4.69, 9.17) is 0 Å². The van der Waals surface area contributed by atoms with Crippen LogP contribution in [0.1, 0.15) is 12.8 Å². The standard InChI is InChI=1S/C18H23N7/c1-2-5-16-15(4-1)23-18(24-16)22-14-6-11-25(12-7-14)13-10-21-17-19-8-3-9-20-17/h1-5,8-9,14H,6-7,10-13H2,(H,19,20,21)(H2,22,23,24). The number of imidazole rings is 1. The summed E-state index contributed by atoms with van der Waals surface area (Å²) >= 11 is 0. The van der Waals surface area contributed by atoms with Crippen LogP contribution in [0.5, 0.6) is 0 Å². The average Bonchev–Trinajstić information content (AvgIpc) is 3.06. The first-order valence-electron chi connectivity index (χ1n) is 8.81. The fourth-order valence-electron chi connectivity index (χ4n) is 3.23. The molecule has 1 aliphatic heterocycles. The molecule has 0 radical (unpaired) electrons. The third-order valence-electron chi connectivity index (χ3n) is 4.59. The van der Waals surface area contributed by atoms with Crippen LogP contribution < -0.4 is 10.6 Å². The van der Waals surface area contributed by atoms with E-state index in [0.29, 0.717) is 12.0 Å². The molecule has 25 heavy (non-hydrogen) atoms. The molecule has 1 fully saturated rings. The van der Waals surface area contributed by atoms with Gasteiger partial charge in [-0.1, -0.05) is 12.1 Å². The number of hydrogen-bond donors (Lipinski definition) is 3. The second-order valence-electron chi connectivity index (χ2n) is 6.36. The number of anilines is 2. The molecule has 0 atom stereocenters. The Morgan fingerprint density at radius 2 is 1.88 bits per heavy atom. The van der Waals surface area contributed by atoms with Crippen molar-refractivity contribution in [3.63, 3.8) is 0 Å². The van der Waals surface area contributed by atoms with Crippen LogP contribution in [0.15, 0.2) is 42.7 Å². The maximum atomic E-state index is 4.60. The van der Waals surface area contributed by atoms with Crippen molar-refractivity contribution in [3.8, 4) is 0 Å². The molecule has 1 saturated heterocycles. The predicted octanol–water partition coefficient (Wildman–Crippen LogP) is 2.34. The highest BCUT2D eigenvalue weighted by atomic mass is 15.2. The number of para-hydroxylation sites is 2. The fraction of sp³-hybridized carbons (Fsp3) is 0.389. The quantitative estimate of drug-likeness (QED) is 0.640. The van der Waals surface area contributed by atoms with Crippen LogP contribution in [0.25, 0.3) is 11.0 Å². The van der Waals surface area contributed by atoms with E-state index in [1.807, 2.05) is 24.3 Å². The summed E-state index contributed by atoms with van der Waals surface area (Å²) in [5.41, 5.74) is 2.09. The highest BCUT2D eigenvalue weighted by Crippen LogP contribution is 2.18. The molecule has 4 rings (SSSR count). The summed E-state index contributed by atoms with van der Waals surface area (Å²) in [6, 6.07) is 10.4. The van der Waals surface area contributed by atoms with Crippen molar-refractivity contribution in [2.24, 2.45) is 0 Å². The zero-order chi connectivity index (χ0) is 16.9. The van der Waals surface area contributed by atoms with Gasteiger partial charge in [0.05, 0.1) is 11.0 Å². The average molecular weight is 337 g/mol. The number of benzene rings is 1. The highest BCUT2D eigenvalue weighted by Gasteiger charge is 2.19. The summed E-state index contributed by atoms with van der Waals surface area (Å²) in [6.45, 7) is 4.06. The second kappa shape index (κ2) is 7.48. The topological polar surface area (TPSA) is 81.8 Å². The Morgan fingerprint density at radius 3 is 2.68 bits per heavy atom. The van der Waals surface area contributed by atoms with Crippen LogP contribution in [-0.4, -0.2) is 57.1 Å². The summed E-state index contributed by atoms with van der Waals surface area (Å²) in [6.07, 6.45) is 5.76. The lowest BCUT2D eigenvalue weighted by Gasteiger charge is -2.32. The summed E-state index contributed by atoms with van der Waals surface area (Å²) in [5, 5.41) is 6.81. The SMILES string of the molecule is c1cnc(NCCN2CCC(Nc3nc4ccccc4[nH]3)CC2)nc1. The van der Waals surface area contributed by atoms with Gasteiger partial charge in [-0.25, -0.2) is 15.0 Å². The molecule has 0 unspecified atom stereocenters. The Bertz CT molecular complexity index is 760. The smallest absolute Gasteiger partial charge is 0.222 e. The van der Waals surface area contributed by atoms with Crippen LogP contribution in [0, 0.1) is 0 Å². The minimum Gasteiger partial charge on any atom is -0.353 e. The molecule has 3 N–H and O–H groups in total. The van der Waals surface area contributed by atoms with Crippen molar-refractivity contribution < 1.29 is 0 Å². The molecule has 0 amide bonds. The zero-order valence-electron chi connectivity index (χ0n) is 14.2. The van der Waals surface area contributed by atoms with E-state index in [-0.39, 0.29) is 0 Å². The van der Waals surface area contributed by atoms with Gasteiger partial charge in [0.2, 0.25) is 11.9 Å². The Balaban J connectivity index is 1.21. The Labute approximate surface area is 146 Å². The van der Waals surface area contributed by atoms with E-state index in [1.54, 1.807) is 12.4 Å². The minimum absolute atomic E-state index is 0.474. The van der Waals surface area contributed by atoms with E-state index < -0.39 is 0 Å². The zero-order valence-corrected chi connectivity index (χ0v) is 14.2. The number of hydrogen-bond acceptors (Lipinski definition) is 6. The number of H-pyrrole nitrogens is 1. The number of nitrogens with one attached hydrogen (secondary N) is 3. The van der Waals surface area contributed by atoms with Gasteiger partial charge in [-0.3, -0.25) is 0 Å². The molecule has 1 aromatic carbocycles. The molecule has 1 aliphatic rings. The summed E-state index contributed by atoms with van der Waals surface area (Å²) < 4.78 is 0. The van der Waals surface area contributed by atoms with Gasteiger partial charge >= 0.3 is 0 Å². The number of piperidine rings is 1. The van der Waals surface area contributed by atoms with E-state index in [1.165, 1.54) is 0 Å². The van der Waals surface area contributed by atoms with E-state index >= 15 is 0 Å². The van der Waals surface area contributed by atoms with Gasteiger partial charge in [0.15, 0.2) is 0 Å². The largest absolute Gasteiger partial charge is 0.353 e. The van der Waals surface area contributed by atoms with Crippen molar-refractivity contribution in [3.05, 3.63) is 42.7 Å². The predicted molar refractivity (Wildman–Crippen MR) is 99.7 cm³/mol. The first-order valence-corrected chi connectivity index (χ1v) is 8.81. The fourth-order valence-corrected chi connectivity index (χ4v) is 3.23. The number of aromatic nitrogens is 4. The van der Waals surface area contributed by atoms with Gasteiger partial charge in [0, 0.05) is 44.6 Å². The molecule has 7 nitrogen and oxygen atoms in total. The number of nitrogens with zero attached hydrogens (tertiary/aromatic N) is 4. The Hall–Kier alpha value is -2.67. The van der Waals surface area contributed by atoms with Crippen molar-refractivity contribution in [2.45, 2.75) is 18.9 Å². The number of likely N-dealkylation sites (tertiary alicyclic amines) is 1. The minimum atomic E-state index is 0.474. The summed E-state index contributed by atoms with van der Waals surface area (Å²) in [7, 11) is 0. The summed E-state index contributed by atoms with van der Waals surface area (Å²) in [5.74, 6) is 1.58. The molecular weight excluding hydrogens is 314 g/mol. The Kier molecular flexibility index (Phi) is 4.74. The molecule has 3 heterocycles. The lowest BCUT2D eigenvalue weighted by molar-refractivity contribution is 0.226. The maximum Gasteiger partial charge on any atom is 0.222 e. The molecule has 0 bridgehead atoms. The monoisotopic (exact) mass is 337 g/mol. The number of rotatable bonds is 6. The number of fused-ring (bicyclic) bond motifs is 1. The van der Waals surface area contributed by atoms with Crippen LogP contribution in [0.2, 0.25) is 0 Å². The van der Waals surface area contributed by atoms with E-state index in [0.717, 1.165) is 56.0 Å². The lowest BCUT2D eigenvalue weighted by Crippen LogP contribution is -2.41. The van der Waals surface area contributed by atoms with E-state index in [9.17, 15) is 0 Å². The van der Waals surface area contributed by atoms with Gasteiger partial charge in [0.25, 0.3) is 0 Å². The van der Waals surface area contributed by atoms with Crippen molar-refractivity contribution in [1.82, 2.24) is 24.8 Å². The lowest BCUT2D eigenvalue weighted by atomic mass is 10.1.